The minimum Gasteiger partial charge on any atom is -0.489 e. The van der Waals surface area contributed by atoms with E-state index in [0.717, 1.165) is 5.69 Å². The van der Waals surface area contributed by atoms with Gasteiger partial charge in [0.2, 0.25) is 11.8 Å². The van der Waals surface area contributed by atoms with Crippen molar-refractivity contribution in [1.82, 2.24) is 9.80 Å². The smallest absolute Gasteiger partial charge is 0.254 e. The zero-order valence-corrected chi connectivity index (χ0v) is 16.2. The third kappa shape index (κ3) is 4.36. The zero-order valence-electron chi connectivity index (χ0n) is 16.2. The Hall–Kier alpha value is -2.81. The molecule has 2 aliphatic rings. The highest BCUT2D eigenvalue weighted by Crippen LogP contribution is 2.35. The average Bonchev–Trinajstić information content (AvgIpc) is 2.69. The summed E-state index contributed by atoms with van der Waals surface area (Å²) in [5, 5.41) is 0. The molecule has 1 aromatic carbocycles. The number of primary amides is 1. The average molecular weight is 390 g/mol. The molecule has 2 aliphatic heterocycles. The summed E-state index contributed by atoms with van der Waals surface area (Å²) in [6, 6.07) is 5.15. The number of hydrogen-bond acceptors (Lipinski definition) is 6. The molecule has 3 rings (SSSR count). The van der Waals surface area contributed by atoms with E-state index in [4.69, 9.17) is 15.2 Å². The fourth-order valence-corrected chi connectivity index (χ4v) is 3.37. The first-order chi connectivity index (χ1) is 13.4. The number of ether oxygens (including phenoxy) is 2. The van der Waals surface area contributed by atoms with Crippen molar-refractivity contribution in [3.05, 3.63) is 23.8 Å². The van der Waals surface area contributed by atoms with E-state index >= 15 is 0 Å². The number of hydrogen-bond donors (Lipinski definition) is 1. The molecule has 1 atom stereocenters. The molecule has 0 aliphatic carbocycles. The van der Waals surface area contributed by atoms with E-state index in [0.29, 0.717) is 44.2 Å². The molecule has 1 saturated heterocycles. The lowest BCUT2D eigenvalue weighted by molar-refractivity contribution is -0.134. The standard InChI is InChI=1S/C19H26N4O5/c1-21(11-17(20)24)18(25)10-14-12-28-16-4-3-13(9-15(16)22(14)2)19(26)23-5-7-27-8-6-23/h3-4,9,14H,5-8,10-12H2,1-2H3,(H2,20,24). The van der Waals surface area contributed by atoms with Gasteiger partial charge < -0.3 is 29.9 Å². The quantitative estimate of drug-likeness (QED) is 0.739. The first kappa shape index (κ1) is 19.9. The molecule has 152 valence electrons. The van der Waals surface area contributed by atoms with Crippen molar-refractivity contribution in [2.75, 3.05) is 58.5 Å². The van der Waals surface area contributed by atoms with Crippen LogP contribution in [0.1, 0.15) is 16.8 Å². The van der Waals surface area contributed by atoms with Crippen LogP contribution in [0.5, 0.6) is 5.75 Å². The number of anilines is 1. The fourth-order valence-electron chi connectivity index (χ4n) is 3.37. The predicted octanol–water partition coefficient (Wildman–Crippen LogP) is -0.310. The number of morpholine rings is 1. The number of carbonyl (C=O) groups is 3. The second-order valence-corrected chi connectivity index (χ2v) is 7.08. The molecule has 0 saturated carbocycles. The van der Waals surface area contributed by atoms with Crippen molar-refractivity contribution >= 4 is 23.4 Å². The molecule has 2 N–H and O–H groups in total. The molecule has 3 amide bonds. The first-order valence-electron chi connectivity index (χ1n) is 9.25. The number of fused-ring (bicyclic) bond motifs is 1. The molecule has 1 unspecified atom stereocenters. The summed E-state index contributed by atoms with van der Waals surface area (Å²) in [6.07, 6.45) is 0.182. The van der Waals surface area contributed by atoms with Crippen LogP contribution in [-0.2, 0) is 14.3 Å². The summed E-state index contributed by atoms with van der Waals surface area (Å²) in [7, 11) is 3.42. The Balaban J connectivity index is 1.72. The van der Waals surface area contributed by atoms with Gasteiger partial charge in [0.25, 0.3) is 5.91 Å². The third-order valence-corrected chi connectivity index (χ3v) is 5.09. The Morgan fingerprint density at radius 1 is 1.25 bits per heavy atom. The van der Waals surface area contributed by atoms with E-state index in [1.54, 1.807) is 30.1 Å². The molecule has 1 aromatic rings. The zero-order chi connectivity index (χ0) is 20.3. The van der Waals surface area contributed by atoms with E-state index in [1.807, 2.05) is 11.9 Å². The molecule has 0 radical (unpaired) electrons. The Kier molecular flexibility index (Phi) is 6.03. The lowest BCUT2D eigenvalue weighted by Gasteiger charge is -2.36. The van der Waals surface area contributed by atoms with Crippen LogP contribution < -0.4 is 15.4 Å². The van der Waals surface area contributed by atoms with Crippen LogP contribution in [0.4, 0.5) is 5.69 Å². The predicted molar refractivity (Wildman–Crippen MR) is 102 cm³/mol. The lowest BCUT2D eigenvalue weighted by atomic mass is 10.1. The molecule has 0 bridgehead atoms. The maximum Gasteiger partial charge on any atom is 0.254 e. The van der Waals surface area contributed by atoms with Gasteiger partial charge in [-0.3, -0.25) is 14.4 Å². The molecule has 9 nitrogen and oxygen atoms in total. The molecule has 2 heterocycles. The summed E-state index contributed by atoms with van der Waals surface area (Å²) in [5.74, 6) is -0.113. The van der Waals surface area contributed by atoms with Crippen LogP contribution in [0.3, 0.4) is 0 Å². The van der Waals surface area contributed by atoms with E-state index in [9.17, 15) is 14.4 Å². The molecule has 28 heavy (non-hydrogen) atoms. The van der Waals surface area contributed by atoms with Gasteiger partial charge in [-0.15, -0.1) is 0 Å². The van der Waals surface area contributed by atoms with Crippen molar-refractivity contribution in [3.8, 4) is 5.75 Å². The highest BCUT2D eigenvalue weighted by Gasteiger charge is 2.29. The van der Waals surface area contributed by atoms with Gasteiger partial charge in [-0.05, 0) is 18.2 Å². The fraction of sp³-hybridized carbons (Fsp3) is 0.526. The van der Waals surface area contributed by atoms with E-state index in [1.165, 1.54) is 4.90 Å². The van der Waals surface area contributed by atoms with Gasteiger partial charge in [0, 0.05) is 32.7 Å². The van der Waals surface area contributed by atoms with Gasteiger partial charge in [0.05, 0.1) is 37.9 Å². The monoisotopic (exact) mass is 390 g/mol. The highest BCUT2D eigenvalue weighted by atomic mass is 16.5. The maximum atomic E-state index is 12.7. The Morgan fingerprint density at radius 2 is 1.96 bits per heavy atom. The second-order valence-electron chi connectivity index (χ2n) is 7.08. The van der Waals surface area contributed by atoms with E-state index in [2.05, 4.69) is 0 Å². The Labute approximate surface area is 163 Å². The Morgan fingerprint density at radius 3 is 2.64 bits per heavy atom. The molecular weight excluding hydrogens is 364 g/mol. The molecule has 0 aromatic heterocycles. The number of rotatable bonds is 5. The highest BCUT2D eigenvalue weighted by molar-refractivity contribution is 5.96. The SMILES string of the molecule is CN(CC(N)=O)C(=O)CC1COc2ccc(C(=O)N3CCOCC3)cc2N1C. The second kappa shape index (κ2) is 8.47. The molecular formula is C19H26N4O5. The minimum atomic E-state index is -0.555. The van der Waals surface area contributed by atoms with Crippen LogP contribution in [0, 0.1) is 0 Å². The summed E-state index contributed by atoms with van der Waals surface area (Å²) < 4.78 is 11.1. The van der Waals surface area contributed by atoms with Gasteiger partial charge in [-0.25, -0.2) is 0 Å². The van der Waals surface area contributed by atoms with Gasteiger partial charge in [0.1, 0.15) is 12.4 Å². The van der Waals surface area contributed by atoms with Crippen molar-refractivity contribution in [3.63, 3.8) is 0 Å². The van der Waals surface area contributed by atoms with Crippen molar-refractivity contribution in [2.45, 2.75) is 12.5 Å². The summed E-state index contributed by atoms with van der Waals surface area (Å²) in [6.45, 7) is 2.46. The number of nitrogens with two attached hydrogens (primary N) is 1. The largest absolute Gasteiger partial charge is 0.489 e. The minimum absolute atomic E-state index is 0.0427. The first-order valence-corrected chi connectivity index (χ1v) is 9.25. The third-order valence-electron chi connectivity index (χ3n) is 5.09. The summed E-state index contributed by atoms with van der Waals surface area (Å²) >= 11 is 0. The normalized spacial score (nSPS) is 18.9. The number of likely N-dealkylation sites (N-methyl/N-ethyl adjacent to an activating group) is 2. The van der Waals surface area contributed by atoms with E-state index < -0.39 is 5.91 Å². The molecule has 9 heteroatoms. The summed E-state index contributed by atoms with van der Waals surface area (Å²) in [5.41, 5.74) is 6.49. The number of carbonyl (C=O) groups excluding carboxylic acids is 3. The van der Waals surface area contributed by atoms with Gasteiger partial charge in [-0.1, -0.05) is 0 Å². The van der Waals surface area contributed by atoms with Crippen LogP contribution in [0.15, 0.2) is 18.2 Å². The summed E-state index contributed by atoms with van der Waals surface area (Å²) in [4.78, 5) is 41.1. The lowest BCUT2D eigenvalue weighted by Crippen LogP contribution is -2.45. The van der Waals surface area contributed by atoms with Crippen LogP contribution in [0.2, 0.25) is 0 Å². The Bertz CT molecular complexity index is 763. The molecule has 0 spiro atoms. The number of amides is 3. The van der Waals surface area contributed by atoms with Crippen LogP contribution in [0.25, 0.3) is 0 Å². The number of nitrogens with zero attached hydrogens (tertiary/aromatic N) is 3. The van der Waals surface area contributed by atoms with E-state index in [-0.39, 0.29) is 30.8 Å². The van der Waals surface area contributed by atoms with Gasteiger partial charge >= 0.3 is 0 Å². The van der Waals surface area contributed by atoms with Crippen LogP contribution in [-0.4, -0.2) is 87.1 Å². The van der Waals surface area contributed by atoms with Gasteiger partial charge in [-0.2, -0.15) is 0 Å². The topological polar surface area (TPSA) is 105 Å². The number of benzene rings is 1. The van der Waals surface area contributed by atoms with Crippen molar-refractivity contribution < 1.29 is 23.9 Å². The van der Waals surface area contributed by atoms with Gasteiger partial charge in [0.15, 0.2) is 0 Å². The van der Waals surface area contributed by atoms with Crippen molar-refractivity contribution in [2.24, 2.45) is 5.73 Å². The van der Waals surface area contributed by atoms with Crippen LogP contribution >= 0.6 is 0 Å². The molecule has 1 fully saturated rings. The maximum absolute atomic E-state index is 12.7. The van der Waals surface area contributed by atoms with Crippen molar-refractivity contribution in [1.29, 1.82) is 0 Å².